The van der Waals surface area contributed by atoms with E-state index in [1.807, 2.05) is 0 Å². The van der Waals surface area contributed by atoms with Crippen molar-refractivity contribution in [2.24, 2.45) is 0 Å². The van der Waals surface area contributed by atoms with Gasteiger partial charge in [-0.2, -0.15) is 0 Å². The van der Waals surface area contributed by atoms with Crippen molar-refractivity contribution in [2.75, 3.05) is 33.0 Å². The zero-order chi connectivity index (χ0) is 20.6. The minimum Gasteiger partial charge on any atom is -0.487 e. The summed E-state index contributed by atoms with van der Waals surface area (Å²) in [5.74, 6) is 0.636. The highest BCUT2D eigenvalue weighted by Crippen LogP contribution is 2.30. The van der Waals surface area contributed by atoms with Crippen LogP contribution in [0.25, 0.3) is 0 Å². The van der Waals surface area contributed by atoms with Crippen molar-refractivity contribution in [1.29, 1.82) is 0 Å². The smallest absolute Gasteiger partial charge is 0.150 e. The molecule has 5 heteroatoms. The van der Waals surface area contributed by atoms with Crippen LogP contribution in [0.2, 0.25) is 0 Å². The molecule has 1 heterocycles. The van der Waals surface area contributed by atoms with Gasteiger partial charge in [0.1, 0.15) is 24.1 Å². The Hall–Kier alpha value is -0.620. The van der Waals surface area contributed by atoms with Gasteiger partial charge in [-0.25, -0.2) is 0 Å². The van der Waals surface area contributed by atoms with Crippen molar-refractivity contribution in [3.63, 3.8) is 0 Å². The molecular weight excluding hydrogens is 356 g/mol. The molecule has 0 amide bonds. The highest BCUT2D eigenvalue weighted by molar-refractivity contribution is 5.07. The van der Waals surface area contributed by atoms with Crippen LogP contribution in [-0.2, 0) is 23.7 Å². The molecule has 1 aliphatic rings. The van der Waals surface area contributed by atoms with Gasteiger partial charge >= 0.3 is 0 Å². The second kappa shape index (κ2) is 16.2. The van der Waals surface area contributed by atoms with Gasteiger partial charge in [0.15, 0.2) is 6.10 Å². The highest BCUT2D eigenvalue weighted by atomic mass is 16.6. The van der Waals surface area contributed by atoms with Crippen molar-refractivity contribution < 1.29 is 23.7 Å². The molecule has 1 rings (SSSR count). The van der Waals surface area contributed by atoms with E-state index < -0.39 is 0 Å². The summed E-state index contributed by atoms with van der Waals surface area (Å²) >= 11 is 0. The van der Waals surface area contributed by atoms with Crippen molar-refractivity contribution in [1.82, 2.24) is 0 Å². The van der Waals surface area contributed by atoms with E-state index in [1.54, 1.807) is 0 Å². The van der Waals surface area contributed by atoms with Crippen LogP contribution >= 0.6 is 0 Å². The SMILES string of the molecule is C=C1OC(COCCCC)C(OCCCC)C(OCCCC)C1OCCCC. The number of ether oxygens (including phenoxy) is 5. The van der Waals surface area contributed by atoms with Crippen LogP contribution in [0.15, 0.2) is 12.3 Å². The number of rotatable bonds is 17. The molecular formula is C23H44O5. The molecule has 0 radical (unpaired) electrons. The molecule has 4 unspecified atom stereocenters. The van der Waals surface area contributed by atoms with E-state index >= 15 is 0 Å². The summed E-state index contributed by atoms with van der Waals surface area (Å²) in [6.07, 6.45) is 7.58. The summed E-state index contributed by atoms with van der Waals surface area (Å²) in [6.45, 7) is 16.1. The molecule has 28 heavy (non-hydrogen) atoms. The average molecular weight is 401 g/mol. The van der Waals surface area contributed by atoms with Gasteiger partial charge in [0.25, 0.3) is 0 Å². The van der Waals surface area contributed by atoms with Crippen LogP contribution in [0.3, 0.4) is 0 Å². The Morgan fingerprint density at radius 2 is 1.21 bits per heavy atom. The highest BCUT2D eigenvalue weighted by Gasteiger charge is 2.45. The predicted molar refractivity (Wildman–Crippen MR) is 114 cm³/mol. The zero-order valence-corrected chi connectivity index (χ0v) is 18.8. The zero-order valence-electron chi connectivity index (χ0n) is 18.8. The summed E-state index contributed by atoms with van der Waals surface area (Å²) in [5.41, 5.74) is 0. The summed E-state index contributed by atoms with van der Waals surface area (Å²) in [7, 11) is 0. The summed E-state index contributed by atoms with van der Waals surface area (Å²) < 4.78 is 30.7. The quantitative estimate of drug-likeness (QED) is 0.311. The first kappa shape index (κ1) is 25.4. The van der Waals surface area contributed by atoms with Crippen LogP contribution in [0, 0.1) is 0 Å². The number of hydrogen-bond acceptors (Lipinski definition) is 5. The average Bonchev–Trinajstić information content (AvgIpc) is 2.69. The maximum atomic E-state index is 6.29. The first-order valence-corrected chi connectivity index (χ1v) is 11.5. The van der Waals surface area contributed by atoms with E-state index in [2.05, 4.69) is 34.3 Å². The maximum Gasteiger partial charge on any atom is 0.150 e. The molecule has 166 valence electrons. The Labute approximate surface area is 173 Å². The van der Waals surface area contributed by atoms with Crippen molar-refractivity contribution in [3.8, 4) is 0 Å². The normalized spacial score (nSPS) is 25.1. The van der Waals surface area contributed by atoms with Crippen LogP contribution in [0.4, 0.5) is 0 Å². The number of hydrogen-bond donors (Lipinski definition) is 0. The van der Waals surface area contributed by atoms with Crippen LogP contribution in [0.1, 0.15) is 79.1 Å². The molecule has 0 aliphatic carbocycles. The fraction of sp³-hybridized carbons (Fsp3) is 0.913. The lowest BCUT2D eigenvalue weighted by Gasteiger charge is -2.43. The molecule has 1 fully saturated rings. The number of unbranched alkanes of at least 4 members (excludes halogenated alkanes) is 4. The van der Waals surface area contributed by atoms with E-state index in [4.69, 9.17) is 23.7 Å². The van der Waals surface area contributed by atoms with E-state index in [9.17, 15) is 0 Å². The lowest BCUT2D eigenvalue weighted by atomic mass is 9.97. The third-order valence-electron chi connectivity index (χ3n) is 4.94. The third kappa shape index (κ3) is 9.25. The molecule has 1 aliphatic heterocycles. The minimum absolute atomic E-state index is 0.206. The Morgan fingerprint density at radius 1 is 0.714 bits per heavy atom. The van der Waals surface area contributed by atoms with Crippen molar-refractivity contribution >= 4 is 0 Å². The van der Waals surface area contributed by atoms with Crippen molar-refractivity contribution in [3.05, 3.63) is 12.3 Å². The lowest BCUT2D eigenvalue weighted by Crippen LogP contribution is -2.56. The first-order chi connectivity index (χ1) is 13.7. The fourth-order valence-corrected chi connectivity index (χ4v) is 3.12. The van der Waals surface area contributed by atoms with Gasteiger partial charge in [-0.15, -0.1) is 0 Å². The third-order valence-corrected chi connectivity index (χ3v) is 4.94. The van der Waals surface area contributed by atoms with Crippen LogP contribution < -0.4 is 0 Å². The van der Waals surface area contributed by atoms with Gasteiger partial charge in [0.2, 0.25) is 0 Å². The van der Waals surface area contributed by atoms with Gasteiger partial charge in [-0.3, -0.25) is 0 Å². The largest absolute Gasteiger partial charge is 0.487 e. The first-order valence-electron chi connectivity index (χ1n) is 11.5. The van der Waals surface area contributed by atoms with Crippen LogP contribution in [0.5, 0.6) is 0 Å². The van der Waals surface area contributed by atoms with Gasteiger partial charge in [-0.1, -0.05) is 60.0 Å². The molecule has 0 aromatic carbocycles. The van der Waals surface area contributed by atoms with Gasteiger partial charge in [0, 0.05) is 26.4 Å². The monoisotopic (exact) mass is 400 g/mol. The van der Waals surface area contributed by atoms with Gasteiger partial charge < -0.3 is 23.7 Å². The molecule has 0 aromatic heterocycles. The van der Waals surface area contributed by atoms with E-state index in [0.717, 1.165) is 58.0 Å². The van der Waals surface area contributed by atoms with E-state index in [0.29, 0.717) is 32.2 Å². The molecule has 0 aromatic rings. The van der Waals surface area contributed by atoms with E-state index in [-0.39, 0.29) is 24.4 Å². The molecule has 0 saturated carbocycles. The molecule has 1 saturated heterocycles. The van der Waals surface area contributed by atoms with Crippen molar-refractivity contribution in [2.45, 2.75) is 103 Å². The Balaban J connectivity index is 2.86. The predicted octanol–water partition coefficient (Wildman–Crippen LogP) is 5.27. The second-order valence-electron chi connectivity index (χ2n) is 7.57. The Morgan fingerprint density at radius 3 is 1.79 bits per heavy atom. The summed E-state index contributed by atoms with van der Waals surface area (Å²) in [6, 6.07) is 0. The molecule has 0 N–H and O–H groups in total. The van der Waals surface area contributed by atoms with Gasteiger partial charge in [-0.05, 0) is 25.7 Å². The maximum absolute atomic E-state index is 6.29. The van der Waals surface area contributed by atoms with Gasteiger partial charge in [0.05, 0.1) is 6.61 Å². The topological polar surface area (TPSA) is 46.2 Å². The molecule has 4 atom stereocenters. The minimum atomic E-state index is -0.290. The van der Waals surface area contributed by atoms with Crippen LogP contribution in [-0.4, -0.2) is 57.5 Å². The summed E-state index contributed by atoms with van der Waals surface area (Å²) in [4.78, 5) is 0. The lowest BCUT2D eigenvalue weighted by molar-refractivity contribution is -0.214. The molecule has 5 nitrogen and oxygen atoms in total. The Kier molecular flexibility index (Phi) is 14.7. The van der Waals surface area contributed by atoms with E-state index in [1.165, 1.54) is 0 Å². The summed E-state index contributed by atoms with van der Waals surface area (Å²) in [5, 5.41) is 0. The standard InChI is InChI=1S/C23H44O5/c1-6-10-14-24-18-20-22(26-16-12-8-3)23(27-17-13-9-4)21(19(5)28-20)25-15-11-7-2/h20-23H,5-18H2,1-4H3. The molecule has 0 spiro atoms. The Bertz CT molecular complexity index is 387. The fourth-order valence-electron chi connectivity index (χ4n) is 3.12. The molecule has 0 bridgehead atoms. The second-order valence-corrected chi connectivity index (χ2v) is 7.57.